The first-order chi connectivity index (χ1) is 9.82. The molecule has 21 heavy (non-hydrogen) atoms. The number of carbonyl (C=O) groups is 3. The van der Waals surface area contributed by atoms with Gasteiger partial charge in [-0.05, 0) is 24.7 Å². The van der Waals surface area contributed by atoms with Gasteiger partial charge in [0.05, 0.1) is 0 Å². The van der Waals surface area contributed by atoms with E-state index >= 15 is 0 Å². The second-order valence-electron chi connectivity index (χ2n) is 5.65. The van der Waals surface area contributed by atoms with Crippen LogP contribution in [0.15, 0.2) is 0 Å². The van der Waals surface area contributed by atoms with E-state index in [0.717, 1.165) is 12.8 Å². The predicted octanol–water partition coefficient (Wildman–Crippen LogP) is -0.179. The molecule has 1 saturated heterocycles. The molecule has 0 spiro atoms. The standard InChI is InChI=1S/C13H23N3O5/c1-13(4-6-21-7-5-13)8-15-12(20)16-9(11(18)19)2-3-10(14)17/h9H,2-8H2,1H3,(H2,14,17)(H,18,19)(H2,15,16,20). The van der Waals surface area contributed by atoms with Crippen molar-refractivity contribution in [3.63, 3.8) is 0 Å². The zero-order valence-corrected chi connectivity index (χ0v) is 12.2. The molecule has 5 N–H and O–H groups in total. The molecule has 0 aliphatic carbocycles. The van der Waals surface area contributed by atoms with Crippen molar-refractivity contribution in [2.75, 3.05) is 19.8 Å². The average molecular weight is 301 g/mol. The number of urea groups is 1. The molecule has 0 aromatic rings. The molecule has 3 amide bonds. The Morgan fingerprint density at radius 3 is 2.48 bits per heavy atom. The molecule has 120 valence electrons. The summed E-state index contributed by atoms with van der Waals surface area (Å²) in [6.07, 6.45) is 1.57. The van der Waals surface area contributed by atoms with Crippen LogP contribution >= 0.6 is 0 Å². The molecule has 1 fully saturated rings. The van der Waals surface area contributed by atoms with Crippen molar-refractivity contribution in [1.29, 1.82) is 0 Å². The Morgan fingerprint density at radius 1 is 1.33 bits per heavy atom. The second kappa shape index (κ2) is 7.82. The fraction of sp³-hybridized carbons (Fsp3) is 0.769. The second-order valence-corrected chi connectivity index (χ2v) is 5.65. The van der Waals surface area contributed by atoms with Crippen LogP contribution in [0.4, 0.5) is 4.79 Å². The normalized spacial score (nSPS) is 18.5. The van der Waals surface area contributed by atoms with Gasteiger partial charge >= 0.3 is 12.0 Å². The average Bonchev–Trinajstić information content (AvgIpc) is 2.41. The van der Waals surface area contributed by atoms with Crippen LogP contribution in [0, 0.1) is 5.41 Å². The van der Waals surface area contributed by atoms with E-state index in [9.17, 15) is 14.4 Å². The molecule has 0 radical (unpaired) electrons. The summed E-state index contributed by atoms with van der Waals surface area (Å²) in [5.41, 5.74) is 4.93. The van der Waals surface area contributed by atoms with Crippen molar-refractivity contribution >= 4 is 17.9 Å². The summed E-state index contributed by atoms with van der Waals surface area (Å²) in [6, 6.07) is -1.68. The third-order valence-corrected chi connectivity index (χ3v) is 3.66. The first-order valence-electron chi connectivity index (χ1n) is 6.96. The number of rotatable bonds is 7. The molecule has 1 atom stereocenters. The minimum absolute atomic E-state index is 0.0246. The molecule has 0 aromatic heterocycles. The van der Waals surface area contributed by atoms with E-state index in [1.54, 1.807) is 0 Å². The number of primary amides is 1. The van der Waals surface area contributed by atoms with Gasteiger partial charge in [-0.2, -0.15) is 0 Å². The third-order valence-electron chi connectivity index (χ3n) is 3.66. The van der Waals surface area contributed by atoms with Crippen LogP contribution in [0.5, 0.6) is 0 Å². The highest BCUT2D eigenvalue weighted by Gasteiger charge is 2.28. The summed E-state index contributed by atoms with van der Waals surface area (Å²) in [5, 5.41) is 14.0. The number of ether oxygens (including phenoxy) is 1. The number of nitrogens with one attached hydrogen (secondary N) is 2. The highest BCUT2D eigenvalue weighted by atomic mass is 16.5. The summed E-state index contributed by atoms with van der Waals surface area (Å²) >= 11 is 0. The summed E-state index contributed by atoms with van der Waals surface area (Å²) in [6.45, 7) is 3.83. The first-order valence-corrected chi connectivity index (χ1v) is 6.96. The Labute approximate surface area is 123 Å². The molecule has 8 nitrogen and oxygen atoms in total. The molecule has 0 bridgehead atoms. The van der Waals surface area contributed by atoms with Crippen molar-refractivity contribution < 1.29 is 24.2 Å². The molecule has 1 unspecified atom stereocenters. The van der Waals surface area contributed by atoms with Crippen LogP contribution in [0.25, 0.3) is 0 Å². The molecule has 1 heterocycles. The van der Waals surface area contributed by atoms with Crippen molar-refractivity contribution in [2.24, 2.45) is 11.1 Å². The van der Waals surface area contributed by atoms with Gasteiger partial charge in [-0.25, -0.2) is 9.59 Å². The molecular formula is C13H23N3O5. The van der Waals surface area contributed by atoms with E-state index < -0.39 is 23.9 Å². The number of amides is 3. The van der Waals surface area contributed by atoms with Crippen molar-refractivity contribution in [3.05, 3.63) is 0 Å². The Bertz CT molecular complexity index is 393. The molecule has 8 heteroatoms. The van der Waals surface area contributed by atoms with E-state index in [0.29, 0.717) is 19.8 Å². The van der Waals surface area contributed by atoms with Crippen LogP contribution in [-0.4, -0.2) is 48.8 Å². The molecule has 1 aliphatic rings. The topological polar surface area (TPSA) is 131 Å². The largest absolute Gasteiger partial charge is 0.480 e. The van der Waals surface area contributed by atoms with E-state index in [-0.39, 0.29) is 18.3 Å². The highest BCUT2D eigenvalue weighted by Crippen LogP contribution is 2.28. The minimum atomic E-state index is -1.19. The van der Waals surface area contributed by atoms with Gasteiger partial charge in [-0.15, -0.1) is 0 Å². The lowest BCUT2D eigenvalue weighted by molar-refractivity contribution is -0.139. The van der Waals surface area contributed by atoms with E-state index in [4.69, 9.17) is 15.6 Å². The molecule has 1 aliphatic heterocycles. The quantitative estimate of drug-likeness (QED) is 0.518. The van der Waals surface area contributed by atoms with E-state index in [2.05, 4.69) is 17.6 Å². The molecule has 0 aromatic carbocycles. The maximum atomic E-state index is 11.8. The smallest absolute Gasteiger partial charge is 0.326 e. The van der Waals surface area contributed by atoms with Crippen LogP contribution < -0.4 is 16.4 Å². The van der Waals surface area contributed by atoms with Crippen molar-refractivity contribution in [1.82, 2.24) is 10.6 Å². The van der Waals surface area contributed by atoms with Crippen LogP contribution in [-0.2, 0) is 14.3 Å². The van der Waals surface area contributed by atoms with Gasteiger partial charge in [0, 0.05) is 26.2 Å². The summed E-state index contributed by atoms with van der Waals surface area (Å²) < 4.78 is 5.27. The number of carboxylic acid groups (broad SMARTS) is 1. The van der Waals surface area contributed by atoms with E-state index in [1.807, 2.05) is 0 Å². The van der Waals surface area contributed by atoms with Gasteiger partial charge in [-0.3, -0.25) is 4.79 Å². The first kappa shape index (κ1) is 17.2. The van der Waals surface area contributed by atoms with Gasteiger partial charge in [-0.1, -0.05) is 6.92 Å². The summed E-state index contributed by atoms with van der Waals surface area (Å²) in [7, 11) is 0. The Balaban J connectivity index is 2.39. The number of carbonyl (C=O) groups excluding carboxylic acids is 2. The highest BCUT2D eigenvalue weighted by molar-refractivity contribution is 5.83. The number of aliphatic carboxylic acids is 1. The van der Waals surface area contributed by atoms with Crippen LogP contribution in [0.2, 0.25) is 0 Å². The molecule has 0 saturated carbocycles. The fourth-order valence-electron chi connectivity index (χ4n) is 2.09. The van der Waals surface area contributed by atoms with Crippen LogP contribution in [0.1, 0.15) is 32.6 Å². The summed E-state index contributed by atoms with van der Waals surface area (Å²) in [4.78, 5) is 33.4. The Hall–Kier alpha value is -1.83. The Morgan fingerprint density at radius 2 is 1.95 bits per heavy atom. The minimum Gasteiger partial charge on any atom is -0.480 e. The van der Waals surface area contributed by atoms with Crippen molar-refractivity contribution in [2.45, 2.75) is 38.6 Å². The maximum absolute atomic E-state index is 11.8. The third kappa shape index (κ3) is 6.44. The Kier molecular flexibility index (Phi) is 6.41. The zero-order chi connectivity index (χ0) is 15.9. The van der Waals surface area contributed by atoms with Crippen molar-refractivity contribution in [3.8, 4) is 0 Å². The van der Waals surface area contributed by atoms with E-state index in [1.165, 1.54) is 0 Å². The molecular weight excluding hydrogens is 278 g/mol. The van der Waals surface area contributed by atoms with Gasteiger partial charge in [0.1, 0.15) is 6.04 Å². The number of hydrogen-bond acceptors (Lipinski definition) is 4. The lowest BCUT2D eigenvalue weighted by atomic mass is 9.82. The van der Waals surface area contributed by atoms with Gasteiger partial charge in [0.25, 0.3) is 0 Å². The summed E-state index contributed by atoms with van der Waals surface area (Å²) in [5.74, 6) is -1.79. The fourth-order valence-corrected chi connectivity index (χ4v) is 2.09. The number of hydrogen-bond donors (Lipinski definition) is 4. The monoisotopic (exact) mass is 301 g/mol. The predicted molar refractivity (Wildman–Crippen MR) is 74.5 cm³/mol. The van der Waals surface area contributed by atoms with Gasteiger partial charge in [0.2, 0.25) is 5.91 Å². The van der Waals surface area contributed by atoms with Crippen LogP contribution in [0.3, 0.4) is 0 Å². The lowest BCUT2D eigenvalue weighted by Gasteiger charge is -2.33. The van der Waals surface area contributed by atoms with Gasteiger partial charge in [0.15, 0.2) is 0 Å². The molecule has 1 rings (SSSR count). The number of carboxylic acids is 1. The zero-order valence-electron chi connectivity index (χ0n) is 12.2. The lowest BCUT2D eigenvalue weighted by Crippen LogP contribution is -2.49. The maximum Gasteiger partial charge on any atom is 0.326 e. The SMILES string of the molecule is CC1(CNC(=O)NC(CCC(N)=O)C(=O)O)CCOCC1. The number of nitrogens with two attached hydrogens (primary N) is 1. The van der Waals surface area contributed by atoms with Gasteiger partial charge < -0.3 is 26.2 Å².